The van der Waals surface area contributed by atoms with Gasteiger partial charge in [-0.25, -0.2) is 0 Å². The van der Waals surface area contributed by atoms with Crippen molar-refractivity contribution in [1.29, 1.82) is 0 Å². The number of hydrogen-bond acceptors (Lipinski definition) is 6. The topological polar surface area (TPSA) is 78.9 Å². The largest absolute Gasteiger partial charge is 0.462 e. The molecule has 0 spiro atoms. The van der Waals surface area contributed by atoms with Crippen molar-refractivity contribution in [2.24, 2.45) is 0 Å². The molecule has 0 radical (unpaired) electrons. The average molecular weight is 946 g/mol. The summed E-state index contributed by atoms with van der Waals surface area (Å²) in [5.41, 5.74) is 0. The van der Waals surface area contributed by atoms with E-state index in [2.05, 4.69) is 32.9 Å². The van der Waals surface area contributed by atoms with E-state index < -0.39 is 6.10 Å². The highest BCUT2D eigenvalue weighted by molar-refractivity contribution is 5.71. The summed E-state index contributed by atoms with van der Waals surface area (Å²) < 4.78 is 16.9. The van der Waals surface area contributed by atoms with Crippen molar-refractivity contribution >= 4 is 17.9 Å². The number of carbonyl (C=O) groups excluding carboxylic acids is 3. The zero-order chi connectivity index (χ0) is 48.6. The van der Waals surface area contributed by atoms with Gasteiger partial charge >= 0.3 is 17.9 Å². The molecule has 0 aliphatic heterocycles. The Hall–Kier alpha value is -1.85. The molecule has 0 saturated heterocycles. The maximum Gasteiger partial charge on any atom is 0.306 e. The Kier molecular flexibility index (Phi) is 55.2. The van der Waals surface area contributed by atoms with Crippen molar-refractivity contribution in [1.82, 2.24) is 0 Å². The van der Waals surface area contributed by atoms with Crippen LogP contribution in [-0.2, 0) is 28.6 Å². The Balaban J connectivity index is 4.28. The van der Waals surface area contributed by atoms with Crippen molar-refractivity contribution in [2.75, 3.05) is 13.2 Å². The van der Waals surface area contributed by atoms with E-state index in [0.717, 1.165) is 64.2 Å². The van der Waals surface area contributed by atoms with Crippen molar-refractivity contribution < 1.29 is 28.6 Å². The molecule has 6 heteroatoms. The third kappa shape index (κ3) is 55.0. The summed E-state index contributed by atoms with van der Waals surface area (Å²) in [6, 6.07) is 0. The van der Waals surface area contributed by atoms with Gasteiger partial charge in [-0.15, -0.1) is 0 Å². The van der Waals surface area contributed by atoms with E-state index in [0.29, 0.717) is 19.3 Å². The van der Waals surface area contributed by atoms with Crippen LogP contribution in [-0.4, -0.2) is 37.2 Å². The third-order valence-electron chi connectivity index (χ3n) is 13.8. The fourth-order valence-electron chi connectivity index (χ4n) is 9.21. The van der Waals surface area contributed by atoms with Crippen LogP contribution in [0.25, 0.3) is 0 Å². The molecule has 0 aromatic rings. The summed E-state index contributed by atoms with van der Waals surface area (Å²) in [7, 11) is 0. The first-order chi connectivity index (χ1) is 33.0. The van der Waals surface area contributed by atoms with Gasteiger partial charge in [-0.05, 0) is 44.9 Å². The molecular weight excluding hydrogens is 829 g/mol. The lowest BCUT2D eigenvalue weighted by molar-refractivity contribution is -0.167. The number of unbranched alkanes of at least 4 members (excludes halogenated alkanes) is 43. The fraction of sp³-hybridized carbons (Fsp3) is 0.918. The molecule has 1 unspecified atom stereocenters. The number of allylic oxidation sites excluding steroid dienone is 2. The number of ether oxygens (including phenoxy) is 3. The summed E-state index contributed by atoms with van der Waals surface area (Å²) in [5.74, 6) is -0.850. The maximum absolute atomic E-state index is 12.9. The van der Waals surface area contributed by atoms with Gasteiger partial charge < -0.3 is 14.2 Å². The minimum absolute atomic E-state index is 0.0672. The highest BCUT2D eigenvalue weighted by atomic mass is 16.6. The van der Waals surface area contributed by atoms with Gasteiger partial charge in [-0.3, -0.25) is 14.4 Å². The minimum atomic E-state index is -0.769. The molecule has 0 fully saturated rings. The number of rotatable bonds is 56. The molecule has 0 aromatic heterocycles. The Morgan fingerprint density at radius 3 is 0.746 bits per heavy atom. The van der Waals surface area contributed by atoms with Crippen LogP contribution >= 0.6 is 0 Å². The first kappa shape index (κ1) is 65.1. The van der Waals surface area contributed by atoms with E-state index in [1.165, 1.54) is 238 Å². The van der Waals surface area contributed by atoms with Crippen LogP contribution in [0.2, 0.25) is 0 Å². The molecule has 0 N–H and O–H groups in total. The van der Waals surface area contributed by atoms with Gasteiger partial charge in [0.25, 0.3) is 0 Å². The lowest BCUT2D eigenvalue weighted by Crippen LogP contribution is -2.30. The highest BCUT2D eigenvalue weighted by Gasteiger charge is 2.19. The summed E-state index contributed by atoms with van der Waals surface area (Å²) in [6.07, 6.45) is 64.9. The molecule has 6 nitrogen and oxygen atoms in total. The second-order valence-corrected chi connectivity index (χ2v) is 20.6. The summed E-state index contributed by atoms with van der Waals surface area (Å²) >= 11 is 0. The summed E-state index contributed by atoms with van der Waals surface area (Å²) in [4.78, 5) is 38.2. The molecule has 0 rings (SSSR count). The van der Waals surface area contributed by atoms with Gasteiger partial charge in [0.15, 0.2) is 6.10 Å². The van der Waals surface area contributed by atoms with Crippen molar-refractivity contribution in [2.45, 2.75) is 348 Å². The van der Waals surface area contributed by atoms with E-state index in [4.69, 9.17) is 14.2 Å². The molecule has 0 amide bonds. The van der Waals surface area contributed by atoms with Gasteiger partial charge in [0.2, 0.25) is 0 Å². The van der Waals surface area contributed by atoms with E-state index >= 15 is 0 Å². The zero-order valence-electron chi connectivity index (χ0n) is 45.5. The quantitative estimate of drug-likeness (QED) is 0.0262. The minimum Gasteiger partial charge on any atom is -0.462 e. The lowest BCUT2D eigenvalue weighted by atomic mass is 10.0. The van der Waals surface area contributed by atoms with E-state index in [1.54, 1.807) is 0 Å². The lowest BCUT2D eigenvalue weighted by Gasteiger charge is -2.18. The Bertz CT molecular complexity index is 1040. The molecule has 67 heavy (non-hydrogen) atoms. The van der Waals surface area contributed by atoms with Crippen LogP contribution in [0.15, 0.2) is 12.2 Å². The van der Waals surface area contributed by atoms with Gasteiger partial charge in [0, 0.05) is 19.3 Å². The average Bonchev–Trinajstić information content (AvgIpc) is 3.33. The predicted octanol–water partition coefficient (Wildman–Crippen LogP) is 20.1. The van der Waals surface area contributed by atoms with Gasteiger partial charge in [0.05, 0.1) is 0 Å². The molecule has 1 atom stereocenters. The van der Waals surface area contributed by atoms with Crippen LogP contribution in [0, 0.1) is 0 Å². The SMILES string of the molecule is CCCCCCCCCCC/C=C\CCCCCCCC(=O)OC(COC(=O)CCCCCCCCCCCCCC)COC(=O)CCCCCCCCCCCCCCCCCCCCC. The molecule has 396 valence electrons. The zero-order valence-corrected chi connectivity index (χ0v) is 45.5. The van der Waals surface area contributed by atoms with Crippen molar-refractivity contribution in [3.63, 3.8) is 0 Å². The first-order valence-electron chi connectivity index (χ1n) is 30.2. The molecular formula is C61H116O6. The third-order valence-corrected chi connectivity index (χ3v) is 13.8. The van der Waals surface area contributed by atoms with Crippen LogP contribution in [0.5, 0.6) is 0 Å². The van der Waals surface area contributed by atoms with E-state index in [9.17, 15) is 14.4 Å². The second-order valence-electron chi connectivity index (χ2n) is 20.6. The first-order valence-corrected chi connectivity index (χ1v) is 30.2. The molecule has 0 bridgehead atoms. The van der Waals surface area contributed by atoms with Crippen molar-refractivity contribution in [3.05, 3.63) is 12.2 Å². The van der Waals surface area contributed by atoms with Crippen LogP contribution in [0.1, 0.15) is 342 Å². The van der Waals surface area contributed by atoms with E-state index in [1.807, 2.05) is 0 Å². The summed E-state index contributed by atoms with van der Waals surface area (Å²) in [6.45, 7) is 6.69. The van der Waals surface area contributed by atoms with Crippen LogP contribution in [0.3, 0.4) is 0 Å². The van der Waals surface area contributed by atoms with Crippen molar-refractivity contribution in [3.8, 4) is 0 Å². The van der Waals surface area contributed by atoms with Crippen LogP contribution < -0.4 is 0 Å². The second kappa shape index (κ2) is 56.7. The normalized spacial score (nSPS) is 12.0. The highest BCUT2D eigenvalue weighted by Crippen LogP contribution is 2.17. The number of esters is 3. The van der Waals surface area contributed by atoms with Gasteiger partial charge in [-0.2, -0.15) is 0 Å². The number of carbonyl (C=O) groups is 3. The molecule has 0 aliphatic rings. The monoisotopic (exact) mass is 945 g/mol. The maximum atomic E-state index is 12.9. The van der Waals surface area contributed by atoms with Gasteiger partial charge in [0.1, 0.15) is 13.2 Å². The smallest absolute Gasteiger partial charge is 0.306 e. The molecule has 0 heterocycles. The van der Waals surface area contributed by atoms with Crippen LogP contribution in [0.4, 0.5) is 0 Å². The fourth-order valence-corrected chi connectivity index (χ4v) is 9.21. The standard InChI is InChI=1S/C61H116O6/c1-4-7-10-13-16-19-22-25-27-29-31-33-34-36-39-42-45-48-51-54-60(63)66-57-58(56-65-59(62)53-50-47-44-41-38-24-21-18-15-12-9-6-3)67-61(64)55-52-49-46-43-40-37-35-32-30-28-26-23-20-17-14-11-8-5-2/h32,35,58H,4-31,33-34,36-57H2,1-3H3/b35-32-. The predicted molar refractivity (Wildman–Crippen MR) is 289 cm³/mol. The number of hydrogen-bond donors (Lipinski definition) is 0. The van der Waals surface area contributed by atoms with E-state index in [-0.39, 0.29) is 31.1 Å². The Morgan fingerprint density at radius 2 is 0.493 bits per heavy atom. The molecule has 0 aliphatic carbocycles. The summed E-state index contributed by atoms with van der Waals surface area (Å²) in [5, 5.41) is 0. The Labute approximate surface area is 418 Å². The molecule has 0 aromatic carbocycles. The Morgan fingerprint density at radius 1 is 0.284 bits per heavy atom. The van der Waals surface area contributed by atoms with Gasteiger partial charge in [-0.1, -0.05) is 290 Å². The molecule has 0 saturated carbocycles.